The molecule has 3 atom stereocenters. The normalized spacial score (nSPS) is 25.6. The van der Waals surface area contributed by atoms with Crippen molar-refractivity contribution in [1.82, 2.24) is 0 Å². The van der Waals surface area contributed by atoms with Crippen molar-refractivity contribution in [1.29, 1.82) is 0 Å². The molecule has 0 saturated heterocycles. The van der Waals surface area contributed by atoms with Gasteiger partial charge in [-0.2, -0.15) is 0 Å². The summed E-state index contributed by atoms with van der Waals surface area (Å²) in [5.41, 5.74) is 1.09. The van der Waals surface area contributed by atoms with E-state index in [2.05, 4.69) is 86.6 Å². The van der Waals surface area contributed by atoms with Crippen LogP contribution in [0.3, 0.4) is 0 Å². The van der Waals surface area contributed by atoms with Crippen LogP contribution in [0.25, 0.3) is 0 Å². The Kier molecular flexibility index (Phi) is 6.76. The van der Waals surface area contributed by atoms with Crippen LogP contribution >= 0.6 is 0 Å². The van der Waals surface area contributed by atoms with Gasteiger partial charge in [-0.1, -0.05) is 86.6 Å². The molecule has 23 heavy (non-hydrogen) atoms. The third-order valence-corrected chi connectivity index (χ3v) is 5.39. The monoisotopic (exact) mass is 318 g/mol. The summed E-state index contributed by atoms with van der Waals surface area (Å²) in [4.78, 5) is 0. The third kappa shape index (κ3) is 7.27. The first-order valence-electron chi connectivity index (χ1n) is 9.64. The van der Waals surface area contributed by atoms with E-state index in [-0.39, 0.29) is 0 Å². The molecule has 0 heteroatoms. The van der Waals surface area contributed by atoms with Crippen molar-refractivity contribution in [2.45, 2.75) is 88.0 Å². The van der Waals surface area contributed by atoms with Crippen LogP contribution in [0.2, 0.25) is 0 Å². The molecule has 0 fully saturated rings. The van der Waals surface area contributed by atoms with E-state index in [0.29, 0.717) is 28.1 Å². The lowest BCUT2D eigenvalue weighted by molar-refractivity contribution is 0.119. The summed E-state index contributed by atoms with van der Waals surface area (Å²) in [6.07, 6.45) is 15.0. The molecule has 0 saturated carbocycles. The summed E-state index contributed by atoms with van der Waals surface area (Å²) in [6.45, 7) is 21.6. The van der Waals surface area contributed by atoms with Gasteiger partial charge in [-0.05, 0) is 59.7 Å². The van der Waals surface area contributed by atoms with Crippen LogP contribution in [0, 0.1) is 34.0 Å². The molecule has 0 nitrogen and oxygen atoms in total. The Hall–Kier alpha value is -0.520. The van der Waals surface area contributed by atoms with Crippen molar-refractivity contribution in [3.63, 3.8) is 0 Å². The van der Waals surface area contributed by atoms with Crippen molar-refractivity contribution in [3.8, 4) is 0 Å². The molecule has 0 N–H and O–H groups in total. The minimum absolute atomic E-state index is 0.344. The number of allylic oxidation sites excluding steroid dienone is 4. The Morgan fingerprint density at radius 3 is 1.96 bits per heavy atom. The molecule has 3 unspecified atom stereocenters. The van der Waals surface area contributed by atoms with Gasteiger partial charge in [-0.25, -0.2) is 0 Å². The summed E-state index contributed by atoms with van der Waals surface area (Å²) >= 11 is 0. The van der Waals surface area contributed by atoms with Gasteiger partial charge in [-0.15, -0.1) is 0 Å². The minimum atomic E-state index is 0.344. The van der Waals surface area contributed by atoms with Gasteiger partial charge in [0.1, 0.15) is 0 Å². The second-order valence-electron chi connectivity index (χ2n) is 11.0. The third-order valence-electron chi connectivity index (χ3n) is 5.39. The molecule has 0 aromatic rings. The van der Waals surface area contributed by atoms with Crippen LogP contribution < -0.4 is 0 Å². The maximum absolute atomic E-state index is 2.59. The van der Waals surface area contributed by atoms with Crippen LogP contribution in [-0.2, 0) is 0 Å². The Labute approximate surface area is 146 Å². The van der Waals surface area contributed by atoms with Crippen LogP contribution in [0.15, 0.2) is 24.3 Å². The smallest absolute Gasteiger partial charge is 0.0150 e. The average molecular weight is 319 g/mol. The highest BCUT2D eigenvalue weighted by Crippen LogP contribution is 2.43. The Morgan fingerprint density at radius 2 is 1.48 bits per heavy atom. The van der Waals surface area contributed by atoms with E-state index < -0.39 is 0 Å². The van der Waals surface area contributed by atoms with Gasteiger partial charge >= 0.3 is 0 Å². The van der Waals surface area contributed by atoms with Gasteiger partial charge in [0.05, 0.1) is 0 Å². The number of rotatable bonds is 2. The molecule has 0 spiro atoms. The first kappa shape index (κ1) is 20.5. The fourth-order valence-corrected chi connectivity index (χ4v) is 3.84. The lowest BCUT2D eigenvalue weighted by Crippen LogP contribution is -2.31. The van der Waals surface area contributed by atoms with E-state index in [0.717, 1.165) is 5.92 Å². The van der Waals surface area contributed by atoms with Gasteiger partial charge in [0.15, 0.2) is 0 Å². The van der Waals surface area contributed by atoms with E-state index in [1.54, 1.807) is 0 Å². The van der Waals surface area contributed by atoms with E-state index in [4.69, 9.17) is 0 Å². The highest BCUT2D eigenvalue weighted by Gasteiger charge is 2.34. The lowest BCUT2D eigenvalue weighted by atomic mass is 9.65. The minimum Gasteiger partial charge on any atom is -0.0885 e. The molecule has 0 aromatic heterocycles. The van der Waals surface area contributed by atoms with Crippen molar-refractivity contribution >= 4 is 0 Å². The van der Waals surface area contributed by atoms with Crippen LogP contribution in [-0.4, -0.2) is 0 Å². The van der Waals surface area contributed by atoms with Crippen molar-refractivity contribution in [2.24, 2.45) is 34.0 Å². The first-order valence-corrected chi connectivity index (χ1v) is 9.64. The van der Waals surface area contributed by atoms with E-state index in [1.807, 2.05) is 0 Å². The zero-order valence-corrected chi connectivity index (χ0v) is 17.4. The highest BCUT2D eigenvalue weighted by atomic mass is 14.4. The van der Waals surface area contributed by atoms with Crippen LogP contribution in [0.1, 0.15) is 88.0 Å². The zero-order valence-electron chi connectivity index (χ0n) is 17.4. The molecule has 1 aliphatic carbocycles. The molecular formula is C23H42. The van der Waals surface area contributed by atoms with E-state index in [1.165, 1.54) is 25.7 Å². The summed E-state index contributed by atoms with van der Waals surface area (Å²) in [7, 11) is 0. The number of hydrogen-bond acceptors (Lipinski definition) is 0. The predicted octanol–water partition coefficient (Wildman–Crippen LogP) is 7.66. The zero-order chi connectivity index (χ0) is 17.9. The second kappa shape index (κ2) is 7.58. The standard InChI is InChI=1S/C23H42/c1-21(2,3)17-20(23(7,8)9)18-13-11-10-12-14-19(16-15-18)22(4,5)6/h10,12,15-16,18-20H,11,13-14,17H2,1-9H3. The molecule has 0 heterocycles. The Morgan fingerprint density at radius 1 is 0.870 bits per heavy atom. The molecular weight excluding hydrogens is 276 g/mol. The summed E-state index contributed by atoms with van der Waals surface area (Å²) in [6, 6.07) is 0. The fraction of sp³-hybridized carbons (Fsp3) is 0.826. The Balaban J connectivity index is 3.08. The predicted molar refractivity (Wildman–Crippen MR) is 106 cm³/mol. The van der Waals surface area contributed by atoms with E-state index in [9.17, 15) is 0 Å². The van der Waals surface area contributed by atoms with Gasteiger partial charge in [0, 0.05) is 0 Å². The molecule has 1 aliphatic rings. The van der Waals surface area contributed by atoms with Gasteiger partial charge in [0.2, 0.25) is 0 Å². The van der Waals surface area contributed by atoms with Gasteiger partial charge in [-0.3, -0.25) is 0 Å². The molecule has 0 aliphatic heterocycles. The maximum Gasteiger partial charge on any atom is -0.0150 e. The molecule has 134 valence electrons. The Bertz CT molecular complexity index is 403. The van der Waals surface area contributed by atoms with Crippen molar-refractivity contribution in [3.05, 3.63) is 24.3 Å². The molecule has 0 bridgehead atoms. The molecule has 0 radical (unpaired) electrons. The molecule has 1 rings (SSSR count). The summed E-state index contributed by atoms with van der Waals surface area (Å²) in [5, 5.41) is 0. The van der Waals surface area contributed by atoms with Crippen molar-refractivity contribution < 1.29 is 0 Å². The topological polar surface area (TPSA) is 0 Å². The average Bonchev–Trinajstić information content (AvgIpc) is 2.44. The quantitative estimate of drug-likeness (QED) is 0.458. The first-order chi connectivity index (χ1) is 10.3. The second-order valence-corrected chi connectivity index (χ2v) is 11.0. The van der Waals surface area contributed by atoms with Crippen LogP contribution in [0.4, 0.5) is 0 Å². The van der Waals surface area contributed by atoms with E-state index >= 15 is 0 Å². The summed E-state index contributed by atoms with van der Waals surface area (Å²) in [5.74, 6) is 2.09. The van der Waals surface area contributed by atoms with Crippen LogP contribution in [0.5, 0.6) is 0 Å². The molecule has 0 amide bonds. The number of hydrogen-bond donors (Lipinski definition) is 0. The van der Waals surface area contributed by atoms with Gasteiger partial charge in [0.25, 0.3) is 0 Å². The highest BCUT2D eigenvalue weighted by molar-refractivity contribution is 5.05. The fourth-order valence-electron chi connectivity index (χ4n) is 3.84. The maximum atomic E-state index is 2.59. The largest absolute Gasteiger partial charge is 0.0885 e. The molecule has 0 aromatic carbocycles. The van der Waals surface area contributed by atoms with Gasteiger partial charge < -0.3 is 0 Å². The van der Waals surface area contributed by atoms with Crippen molar-refractivity contribution in [2.75, 3.05) is 0 Å². The lowest BCUT2D eigenvalue weighted by Gasteiger charge is -2.40. The summed E-state index contributed by atoms with van der Waals surface area (Å²) < 4.78 is 0. The SMILES string of the molecule is CC(C)(C)CC(C1C=CC(C(C)(C)C)CC=CCC1)C(C)(C)C.